The molecular weight excluding hydrogens is 411 g/mol. The number of nitrogens with two attached hydrogens (primary N) is 3. The van der Waals surface area contributed by atoms with E-state index in [1.165, 1.54) is 25.4 Å². The minimum atomic E-state index is -0.571. The third-order valence-electron chi connectivity index (χ3n) is 4.94. The molecule has 32 heavy (non-hydrogen) atoms. The number of hydrogen-bond donors (Lipinski definition) is 3. The van der Waals surface area contributed by atoms with Crippen LogP contribution in [0.2, 0.25) is 0 Å². The highest BCUT2D eigenvalue weighted by atomic mass is 19.1. The van der Waals surface area contributed by atoms with Crippen LogP contribution < -0.4 is 21.9 Å². The number of allylic oxidation sites excluding steroid dienone is 1. The van der Waals surface area contributed by atoms with Crippen LogP contribution in [0.15, 0.2) is 64.2 Å². The fourth-order valence-corrected chi connectivity index (χ4v) is 3.35. The van der Waals surface area contributed by atoms with Gasteiger partial charge in [-0.15, -0.1) is 0 Å². The molecule has 168 valence electrons. The number of nitrogens with zero attached hydrogens (tertiary/aromatic N) is 3. The van der Waals surface area contributed by atoms with Gasteiger partial charge in [-0.25, -0.2) is 9.37 Å². The van der Waals surface area contributed by atoms with Gasteiger partial charge in [0, 0.05) is 47.3 Å². The van der Waals surface area contributed by atoms with Crippen LogP contribution in [-0.2, 0) is 4.74 Å². The van der Waals surface area contributed by atoms with Crippen LogP contribution >= 0.6 is 0 Å². The summed E-state index contributed by atoms with van der Waals surface area (Å²) < 4.78 is 25.4. The van der Waals surface area contributed by atoms with Gasteiger partial charge in [-0.3, -0.25) is 9.98 Å². The van der Waals surface area contributed by atoms with E-state index in [0.717, 1.165) is 0 Å². The van der Waals surface area contributed by atoms with Gasteiger partial charge in [-0.05, 0) is 38.1 Å². The average molecular weight is 439 g/mol. The molecule has 0 radical (unpaired) electrons. The van der Waals surface area contributed by atoms with Crippen molar-refractivity contribution in [2.24, 2.45) is 21.5 Å². The van der Waals surface area contributed by atoms with Crippen molar-refractivity contribution in [1.29, 1.82) is 0 Å². The molecule has 8 nitrogen and oxygen atoms in total. The van der Waals surface area contributed by atoms with E-state index in [4.69, 9.17) is 31.7 Å². The molecule has 0 aliphatic carbocycles. The first-order chi connectivity index (χ1) is 15.4. The number of nitrogen functional groups attached to an aromatic ring is 1. The van der Waals surface area contributed by atoms with Crippen molar-refractivity contribution in [2.45, 2.75) is 20.0 Å². The Morgan fingerprint density at radius 1 is 1.38 bits per heavy atom. The molecule has 1 aromatic carbocycles. The van der Waals surface area contributed by atoms with Gasteiger partial charge in [0.2, 0.25) is 0 Å². The van der Waals surface area contributed by atoms with Gasteiger partial charge < -0.3 is 26.7 Å². The van der Waals surface area contributed by atoms with Crippen molar-refractivity contribution in [3.05, 3.63) is 76.7 Å². The summed E-state index contributed by atoms with van der Waals surface area (Å²) in [7, 11) is 1.46. The molecule has 2 bridgehead atoms. The molecule has 1 unspecified atom stereocenters. The summed E-state index contributed by atoms with van der Waals surface area (Å²) in [5, 5.41) is 0. The predicted molar refractivity (Wildman–Crippen MR) is 124 cm³/mol. The van der Waals surface area contributed by atoms with E-state index in [-0.39, 0.29) is 18.2 Å². The molecule has 0 saturated heterocycles. The normalized spacial score (nSPS) is 19.4. The van der Waals surface area contributed by atoms with E-state index >= 15 is 0 Å². The van der Waals surface area contributed by atoms with Crippen LogP contribution in [0, 0.1) is 5.82 Å². The van der Waals surface area contributed by atoms with Gasteiger partial charge in [-0.1, -0.05) is 0 Å². The summed E-state index contributed by atoms with van der Waals surface area (Å²) in [6.07, 6.45) is 4.07. The Kier molecular flexibility index (Phi) is 7.09. The number of methoxy groups -OCH3 is 1. The monoisotopic (exact) mass is 438 g/mol. The number of halogens is 1. The lowest BCUT2D eigenvalue weighted by Gasteiger charge is -2.21. The molecule has 3 rings (SSSR count). The second-order valence-corrected chi connectivity index (χ2v) is 7.07. The third-order valence-corrected chi connectivity index (χ3v) is 4.94. The Morgan fingerprint density at radius 2 is 2.16 bits per heavy atom. The topological polar surface area (TPSA) is 134 Å². The highest BCUT2D eigenvalue weighted by Crippen LogP contribution is 2.31. The van der Waals surface area contributed by atoms with E-state index in [9.17, 15) is 4.39 Å². The van der Waals surface area contributed by atoms with E-state index in [2.05, 4.69) is 9.98 Å². The van der Waals surface area contributed by atoms with Gasteiger partial charge in [0.15, 0.2) is 17.5 Å². The fourth-order valence-electron chi connectivity index (χ4n) is 3.35. The molecule has 0 amide bonds. The van der Waals surface area contributed by atoms with Crippen LogP contribution in [0.25, 0.3) is 0 Å². The lowest BCUT2D eigenvalue weighted by molar-refractivity contribution is 0.227. The first kappa shape index (κ1) is 22.8. The minimum absolute atomic E-state index is 0.152. The number of aromatic nitrogens is 1. The van der Waals surface area contributed by atoms with Crippen molar-refractivity contribution in [1.82, 2.24) is 4.98 Å². The highest BCUT2D eigenvalue weighted by molar-refractivity contribution is 6.14. The van der Waals surface area contributed by atoms with E-state index < -0.39 is 11.9 Å². The molecule has 1 aromatic heterocycles. The largest absolute Gasteiger partial charge is 0.483 e. The zero-order valence-corrected chi connectivity index (χ0v) is 18.3. The quantitative estimate of drug-likeness (QED) is 0.631. The molecule has 1 aliphatic heterocycles. The Hall–Kier alpha value is -3.88. The van der Waals surface area contributed by atoms with Crippen molar-refractivity contribution < 1.29 is 13.9 Å². The van der Waals surface area contributed by atoms with Crippen LogP contribution in [0.3, 0.4) is 0 Å². The SMILES string of the molecule is CCN=C1C(=CN)CN=C(C=C(N)OC)c2ccc(F)cc2C(C)Oc2cc1cnc2N. The number of ether oxygens (including phenoxy) is 2. The van der Waals surface area contributed by atoms with E-state index in [0.29, 0.717) is 46.0 Å². The first-order valence-electron chi connectivity index (χ1n) is 10.1. The maximum absolute atomic E-state index is 14.2. The van der Waals surface area contributed by atoms with Crippen LogP contribution in [0.1, 0.15) is 36.6 Å². The lowest BCUT2D eigenvalue weighted by atomic mass is 9.97. The second kappa shape index (κ2) is 9.95. The third kappa shape index (κ3) is 4.88. The number of aliphatic imine (C=N–C) groups is 2. The van der Waals surface area contributed by atoms with Gasteiger partial charge in [0.1, 0.15) is 11.9 Å². The summed E-state index contributed by atoms with van der Waals surface area (Å²) in [6, 6.07) is 6.13. The highest BCUT2D eigenvalue weighted by Gasteiger charge is 2.21. The number of pyridine rings is 1. The maximum atomic E-state index is 14.2. The lowest BCUT2D eigenvalue weighted by Crippen LogP contribution is -2.17. The number of benzene rings is 1. The Labute approximate surface area is 186 Å². The van der Waals surface area contributed by atoms with Crippen LogP contribution in [-0.4, -0.2) is 36.6 Å². The Bertz CT molecular complexity index is 1120. The molecule has 6 N–H and O–H groups in total. The first-order valence-corrected chi connectivity index (χ1v) is 10.1. The molecule has 1 atom stereocenters. The van der Waals surface area contributed by atoms with Gasteiger partial charge in [0.05, 0.1) is 25.1 Å². The molecule has 2 aromatic rings. The standard InChI is InChI=1S/C23H27FN6O2/c1-4-28-22-14-7-20(23(27)30-11-14)32-13(2)18-8-16(24)5-6-17(18)19(9-21(26)31-3)29-12-15(22)10-25/h5-11,13H,4,12,25-26H2,1-3H3,(H2,27,30). The molecule has 2 heterocycles. The molecule has 9 heteroatoms. The number of fused-ring (bicyclic) bond motifs is 3. The summed E-state index contributed by atoms with van der Waals surface area (Å²) in [6.45, 7) is 4.44. The molecule has 1 aliphatic rings. The predicted octanol–water partition coefficient (Wildman–Crippen LogP) is 2.84. The van der Waals surface area contributed by atoms with Gasteiger partial charge in [-0.2, -0.15) is 0 Å². The van der Waals surface area contributed by atoms with Crippen molar-refractivity contribution in [3.63, 3.8) is 0 Å². The average Bonchev–Trinajstić information content (AvgIpc) is 2.78. The van der Waals surface area contributed by atoms with Crippen LogP contribution in [0.4, 0.5) is 10.2 Å². The summed E-state index contributed by atoms with van der Waals surface area (Å²) >= 11 is 0. The van der Waals surface area contributed by atoms with Crippen molar-refractivity contribution in [2.75, 3.05) is 25.9 Å². The van der Waals surface area contributed by atoms with Gasteiger partial charge >= 0.3 is 0 Å². The van der Waals surface area contributed by atoms with E-state index in [1.54, 1.807) is 31.3 Å². The number of anilines is 1. The number of rotatable bonds is 3. The molecular formula is C23H27FN6O2. The molecule has 0 saturated carbocycles. The zero-order chi connectivity index (χ0) is 23.3. The number of hydrogen-bond acceptors (Lipinski definition) is 8. The summed E-state index contributed by atoms with van der Waals surface area (Å²) in [4.78, 5) is 13.6. The zero-order valence-electron chi connectivity index (χ0n) is 18.3. The second-order valence-electron chi connectivity index (χ2n) is 7.07. The van der Waals surface area contributed by atoms with E-state index in [1.807, 2.05) is 6.92 Å². The van der Waals surface area contributed by atoms with Gasteiger partial charge in [0.25, 0.3) is 0 Å². The molecule has 0 fully saturated rings. The van der Waals surface area contributed by atoms with Crippen molar-refractivity contribution in [3.8, 4) is 5.75 Å². The summed E-state index contributed by atoms with van der Waals surface area (Å²) in [5.41, 5.74) is 21.6. The summed E-state index contributed by atoms with van der Waals surface area (Å²) in [5.74, 6) is 0.312. The van der Waals surface area contributed by atoms with Crippen molar-refractivity contribution >= 4 is 17.2 Å². The minimum Gasteiger partial charge on any atom is -0.483 e. The maximum Gasteiger partial charge on any atom is 0.185 e. The fraction of sp³-hybridized carbons (Fsp3) is 0.261. The molecule has 0 spiro atoms. The Balaban J connectivity index is 2.30. The van der Waals surface area contributed by atoms with Crippen LogP contribution in [0.5, 0.6) is 5.75 Å². The Morgan fingerprint density at radius 3 is 2.84 bits per heavy atom. The smallest absolute Gasteiger partial charge is 0.185 e.